The van der Waals surface area contributed by atoms with Gasteiger partial charge in [0.1, 0.15) is 0 Å². The Morgan fingerprint density at radius 1 is 1.14 bits per heavy atom. The van der Waals surface area contributed by atoms with Crippen molar-refractivity contribution >= 4 is 15.3 Å². The topological polar surface area (TPSA) is 74.6 Å². The predicted molar refractivity (Wildman–Crippen MR) is 21.3 cm³/mol. The van der Waals surface area contributed by atoms with Crippen LogP contribution in [0.15, 0.2) is 0 Å². The number of rotatable bonds is 1. The van der Waals surface area contributed by atoms with Gasteiger partial charge >= 0.3 is 22.9 Å². The SMILES string of the molecule is OCCO.[O]=[Ge]=[O]. The van der Waals surface area contributed by atoms with E-state index < -0.39 is 15.3 Å². The van der Waals surface area contributed by atoms with Crippen LogP contribution in [0.25, 0.3) is 0 Å². The summed E-state index contributed by atoms with van der Waals surface area (Å²) < 4.78 is 17.0. The molecule has 0 aliphatic rings. The molecule has 0 radical (unpaired) electrons. The van der Waals surface area contributed by atoms with Gasteiger partial charge in [0.15, 0.2) is 0 Å². The molecular formula is C2H6GeO4. The van der Waals surface area contributed by atoms with Gasteiger partial charge in [0, 0.05) is 0 Å². The zero-order chi connectivity index (χ0) is 6.12. The number of aliphatic hydroxyl groups is 2. The van der Waals surface area contributed by atoms with Crippen LogP contribution in [0, 0.1) is 0 Å². The number of hydrogen-bond donors (Lipinski definition) is 2. The molecule has 0 aromatic rings. The maximum absolute atomic E-state index is 8.50. The minimum atomic E-state index is -2.00. The van der Waals surface area contributed by atoms with E-state index in [4.69, 9.17) is 17.8 Å². The van der Waals surface area contributed by atoms with E-state index >= 15 is 0 Å². The molecule has 4 nitrogen and oxygen atoms in total. The van der Waals surface area contributed by atoms with Crippen LogP contribution in [0.3, 0.4) is 0 Å². The summed E-state index contributed by atoms with van der Waals surface area (Å²) in [7, 11) is 0. The monoisotopic (exact) mass is 168 g/mol. The van der Waals surface area contributed by atoms with Crippen molar-refractivity contribution in [3.8, 4) is 0 Å². The van der Waals surface area contributed by atoms with Crippen molar-refractivity contribution in [2.75, 3.05) is 13.2 Å². The fourth-order valence-corrected chi connectivity index (χ4v) is 0. The third kappa shape index (κ3) is 88.6. The fourth-order valence-electron chi connectivity index (χ4n) is 0. The Bertz CT molecular complexity index is 45.7. The molecule has 0 atom stereocenters. The van der Waals surface area contributed by atoms with E-state index in [1.165, 1.54) is 0 Å². The Morgan fingerprint density at radius 3 is 1.29 bits per heavy atom. The Labute approximate surface area is 47.1 Å². The molecule has 0 saturated carbocycles. The van der Waals surface area contributed by atoms with Gasteiger partial charge in [-0.05, 0) is 0 Å². The van der Waals surface area contributed by atoms with Crippen LogP contribution in [0.1, 0.15) is 0 Å². The first-order valence-electron chi connectivity index (χ1n) is 1.54. The van der Waals surface area contributed by atoms with Crippen molar-refractivity contribution < 1.29 is 17.8 Å². The van der Waals surface area contributed by atoms with Crippen LogP contribution in [0.5, 0.6) is 0 Å². The van der Waals surface area contributed by atoms with Crippen LogP contribution in [0.2, 0.25) is 0 Å². The van der Waals surface area contributed by atoms with Crippen molar-refractivity contribution in [3.63, 3.8) is 0 Å². The third-order valence-electron chi connectivity index (χ3n) is 0.1000. The summed E-state index contributed by atoms with van der Waals surface area (Å²) in [5.41, 5.74) is 0. The van der Waals surface area contributed by atoms with Crippen LogP contribution in [-0.4, -0.2) is 38.7 Å². The third-order valence-corrected chi connectivity index (χ3v) is 0.1000. The maximum atomic E-state index is 8.50. The van der Waals surface area contributed by atoms with E-state index in [2.05, 4.69) is 0 Å². The zero-order valence-electron chi connectivity index (χ0n) is 3.63. The van der Waals surface area contributed by atoms with E-state index in [0.717, 1.165) is 0 Å². The summed E-state index contributed by atoms with van der Waals surface area (Å²) in [6, 6.07) is 0. The van der Waals surface area contributed by atoms with Crippen molar-refractivity contribution in [2.24, 2.45) is 0 Å². The summed E-state index contributed by atoms with van der Waals surface area (Å²) in [6.07, 6.45) is 0. The quantitative estimate of drug-likeness (QED) is 0.458. The van der Waals surface area contributed by atoms with Gasteiger partial charge in [-0.15, -0.1) is 0 Å². The molecule has 42 valence electrons. The molecule has 0 fully saturated rings. The van der Waals surface area contributed by atoms with Crippen LogP contribution < -0.4 is 0 Å². The minimum absolute atomic E-state index is 0.125. The van der Waals surface area contributed by atoms with Gasteiger partial charge in [-0.2, -0.15) is 0 Å². The first-order valence-corrected chi connectivity index (χ1v) is 3.25. The van der Waals surface area contributed by atoms with E-state index in [1.807, 2.05) is 0 Å². The summed E-state index contributed by atoms with van der Waals surface area (Å²) >= 11 is -2.00. The Morgan fingerprint density at radius 2 is 1.29 bits per heavy atom. The van der Waals surface area contributed by atoms with E-state index in [1.54, 1.807) is 0 Å². The first-order chi connectivity index (χ1) is 3.33. The van der Waals surface area contributed by atoms with Gasteiger partial charge in [-0.1, -0.05) is 0 Å². The fraction of sp³-hybridized carbons (Fsp3) is 1.00. The summed E-state index contributed by atoms with van der Waals surface area (Å²) in [4.78, 5) is 0. The molecular weight excluding hydrogens is 161 g/mol. The molecule has 0 unspecified atom stereocenters. The summed E-state index contributed by atoms with van der Waals surface area (Å²) in [5, 5.41) is 15.2. The zero-order valence-corrected chi connectivity index (χ0v) is 5.72. The molecule has 0 saturated heterocycles. The van der Waals surface area contributed by atoms with Crippen LogP contribution in [0.4, 0.5) is 0 Å². The molecule has 0 spiro atoms. The summed E-state index contributed by atoms with van der Waals surface area (Å²) in [5.74, 6) is 0. The van der Waals surface area contributed by atoms with E-state index in [9.17, 15) is 0 Å². The van der Waals surface area contributed by atoms with Gasteiger partial charge in [-0.3, -0.25) is 0 Å². The van der Waals surface area contributed by atoms with Gasteiger partial charge in [-0.25, -0.2) is 0 Å². The molecule has 7 heavy (non-hydrogen) atoms. The second-order valence-corrected chi connectivity index (χ2v) is 0.880. The van der Waals surface area contributed by atoms with Crippen molar-refractivity contribution in [1.82, 2.24) is 0 Å². The van der Waals surface area contributed by atoms with E-state index in [0.29, 0.717) is 0 Å². The Balaban J connectivity index is 0. The van der Waals surface area contributed by atoms with Crippen molar-refractivity contribution in [2.45, 2.75) is 0 Å². The summed E-state index contributed by atoms with van der Waals surface area (Å²) in [6.45, 7) is -0.250. The second-order valence-electron chi connectivity index (χ2n) is 0.531. The molecule has 0 rings (SSSR count). The normalized spacial score (nSPS) is 5.43. The Kier molecular flexibility index (Phi) is 24.0. The second kappa shape index (κ2) is 16.6. The van der Waals surface area contributed by atoms with E-state index in [-0.39, 0.29) is 13.2 Å². The molecule has 5 heteroatoms. The number of hydrogen-bond acceptors (Lipinski definition) is 4. The van der Waals surface area contributed by atoms with Crippen molar-refractivity contribution in [1.29, 1.82) is 0 Å². The molecule has 0 aromatic carbocycles. The van der Waals surface area contributed by atoms with Crippen LogP contribution >= 0.6 is 0 Å². The Hall–Kier alpha value is 0.0629. The average molecular weight is 167 g/mol. The predicted octanol–water partition coefficient (Wildman–Crippen LogP) is -1.65. The average Bonchev–Trinajstić information content (AvgIpc) is 1.69. The standard InChI is InChI=1S/C2H6O2.GeO2/c3-1-2-4;2-1-3/h3-4H,1-2H2;. The van der Waals surface area contributed by atoms with Crippen molar-refractivity contribution in [3.05, 3.63) is 0 Å². The molecule has 0 heterocycles. The van der Waals surface area contributed by atoms with Gasteiger partial charge in [0.2, 0.25) is 0 Å². The number of aliphatic hydroxyl groups excluding tert-OH is 2. The molecule has 0 bridgehead atoms. The molecule has 0 aliphatic carbocycles. The molecule has 0 aromatic heterocycles. The van der Waals surface area contributed by atoms with Gasteiger partial charge in [0.25, 0.3) is 0 Å². The molecule has 2 N–H and O–H groups in total. The molecule has 0 amide bonds. The van der Waals surface area contributed by atoms with Gasteiger partial charge < -0.3 is 10.2 Å². The van der Waals surface area contributed by atoms with Crippen LogP contribution in [-0.2, 0) is 7.56 Å². The molecule has 0 aliphatic heterocycles. The first kappa shape index (κ1) is 10.1. The van der Waals surface area contributed by atoms with Gasteiger partial charge in [0.05, 0.1) is 13.2 Å².